The molecular formula is C20H18F6O4. The molecule has 2 aromatic rings. The first-order valence-electron chi connectivity index (χ1n) is 8.52. The lowest BCUT2D eigenvalue weighted by Gasteiger charge is -2.07. The Hall–Kier alpha value is -3.04. The molecule has 0 aliphatic rings. The van der Waals surface area contributed by atoms with E-state index in [0.29, 0.717) is 11.1 Å². The van der Waals surface area contributed by atoms with Gasteiger partial charge in [0.25, 0.3) is 0 Å². The number of halogens is 6. The van der Waals surface area contributed by atoms with Crippen LogP contribution in [0.5, 0.6) is 0 Å². The Morgan fingerprint density at radius 3 is 1.43 bits per heavy atom. The van der Waals surface area contributed by atoms with Crippen molar-refractivity contribution in [1.82, 2.24) is 0 Å². The molecule has 10 heteroatoms. The van der Waals surface area contributed by atoms with Crippen molar-refractivity contribution < 1.29 is 45.8 Å². The zero-order valence-corrected chi connectivity index (χ0v) is 15.7. The van der Waals surface area contributed by atoms with Crippen molar-refractivity contribution in [3.63, 3.8) is 0 Å². The van der Waals surface area contributed by atoms with E-state index >= 15 is 0 Å². The van der Waals surface area contributed by atoms with Gasteiger partial charge in [0.1, 0.15) is 0 Å². The summed E-state index contributed by atoms with van der Waals surface area (Å²) in [6.45, 7) is 1.93. The van der Waals surface area contributed by atoms with E-state index < -0.39 is 35.4 Å². The predicted molar refractivity (Wildman–Crippen MR) is 94.6 cm³/mol. The summed E-state index contributed by atoms with van der Waals surface area (Å²) < 4.78 is 77.5. The Morgan fingerprint density at radius 2 is 1.13 bits per heavy atom. The summed E-state index contributed by atoms with van der Waals surface area (Å²) in [6.07, 6.45) is -8.99. The highest BCUT2D eigenvalue weighted by Crippen LogP contribution is 2.29. The van der Waals surface area contributed by atoms with Crippen molar-refractivity contribution in [3.05, 3.63) is 70.8 Å². The van der Waals surface area contributed by atoms with Gasteiger partial charge >= 0.3 is 24.3 Å². The zero-order valence-electron chi connectivity index (χ0n) is 15.7. The van der Waals surface area contributed by atoms with Gasteiger partial charge in [-0.3, -0.25) is 9.59 Å². The van der Waals surface area contributed by atoms with Crippen molar-refractivity contribution in [2.45, 2.75) is 32.1 Å². The molecule has 2 rings (SSSR count). The average Bonchev–Trinajstić information content (AvgIpc) is 2.61. The highest BCUT2D eigenvalue weighted by Gasteiger charge is 2.30. The second-order valence-corrected chi connectivity index (χ2v) is 5.94. The van der Waals surface area contributed by atoms with E-state index in [0.717, 1.165) is 36.4 Å². The molecule has 0 fully saturated rings. The average molecular weight is 436 g/mol. The van der Waals surface area contributed by atoms with Crippen LogP contribution in [0.2, 0.25) is 0 Å². The maximum absolute atomic E-state index is 12.2. The van der Waals surface area contributed by atoms with Crippen LogP contribution >= 0.6 is 0 Å². The fourth-order valence-corrected chi connectivity index (χ4v) is 2.18. The van der Waals surface area contributed by atoms with Gasteiger partial charge in [-0.15, -0.1) is 0 Å². The van der Waals surface area contributed by atoms with Gasteiger partial charge in [-0.1, -0.05) is 24.3 Å². The Morgan fingerprint density at radius 1 is 0.767 bits per heavy atom. The van der Waals surface area contributed by atoms with Gasteiger partial charge in [0.15, 0.2) is 0 Å². The third kappa shape index (κ3) is 8.97. The van der Waals surface area contributed by atoms with E-state index in [1.165, 1.54) is 12.1 Å². The van der Waals surface area contributed by atoms with E-state index in [9.17, 15) is 35.9 Å². The summed E-state index contributed by atoms with van der Waals surface area (Å²) >= 11 is 0. The van der Waals surface area contributed by atoms with Crippen molar-refractivity contribution >= 4 is 11.9 Å². The number of carbonyl (C=O) groups excluding carboxylic acids is 1. The summed E-state index contributed by atoms with van der Waals surface area (Å²) in [4.78, 5) is 21.3. The second kappa shape index (κ2) is 10.7. The van der Waals surface area contributed by atoms with Crippen LogP contribution in [-0.2, 0) is 39.5 Å². The number of alkyl halides is 6. The van der Waals surface area contributed by atoms with Gasteiger partial charge in [-0.2, -0.15) is 26.3 Å². The Bertz CT molecular complexity index is 824. The third-order valence-electron chi connectivity index (χ3n) is 3.57. The van der Waals surface area contributed by atoms with Crippen LogP contribution in [-0.4, -0.2) is 23.7 Å². The van der Waals surface area contributed by atoms with Gasteiger partial charge in [0.2, 0.25) is 0 Å². The number of rotatable bonds is 5. The van der Waals surface area contributed by atoms with Gasteiger partial charge < -0.3 is 9.84 Å². The number of aliphatic carboxylic acids is 1. The quantitative estimate of drug-likeness (QED) is 0.521. The lowest BCUT2D eigenvalue weighted by molar-refractivity contribution is -0.142. The first kappa shape index (κ1) is 25.0. The minimum absolute atomic E-state index is 0.00796. The summed E-state index contributed by atoms with van der Waals surface area (Å²) in [5.41, 5.74) is -0.635. The number of carbonyl (C=O) groups is 2. The van der Waals surface area contributed by atoms with Gasteiger partial charge in [-0.25, -0.2) is 0 Å². The molecule has 0 heterocycles. The van der Waals surface area contributed by atoms with Crippen LogP contribution in [0.1, 0.15) is 29.2 Å². The topological polar surface area (TPSA) is 63.6 Å². The normalized spacial score (nSPS) is 11.3. The van der Waals surface area contributed by atoms with E-state index in [2.05, 4.69) is 4.74 Å². The Balaban J connectivity index is 0.000000303. The van der Waals surface area contributed by atoms with E-state index in [1.54, 1.807) is 6.92 Å². The van der Waals surface area contributed by atoms with Crippen molar-refractivity contribution in [2.75, 3.05) is 6.61 Å². The molecule has 0 spiro atoms. The molecule has 0 aliphatic heterocycles. The zero-order chi connectivity index (χ0) is 22.9. The molecule has 0 aliphatic carbocycles. The SMILES string of the molecule is CCOC(=O)Cc1ccc(C(F)(F)F)cc1.O=C(O)Cc1ccc(C(F)(F)F)cc1. The highest BCUT2D eigenvalue weighted by molar-refractivity contribution is 5.72. The second-order valence-electron chi connectivity index (χ2n) is 5.94. The number of esters is 1. The smallest absolute Gasteiger partial charge is 0.416 e. The van der Waals surface area contributed by atoms with Crippen LogP contribution in [0.15, 0.2) is 48.5 Å². The maximum atomic E-state index is 12.2. The molecule has 0 saturated carbocycles. The monoisotopic (exact) mass is 436 g/mol. The summed E-state index contributed by atoms with van der Waals surface area (Å²) in [5, 5.41) is 8.37. The molecule has 0 saturated heterocycles. The molecule has 30 heavy (non-hydrogen) atoms. The number of ether oxygens (including phenoxy) is 1. The number of carboxylic acid groups (broad SMARTS) is 1. The molecule has 4 nitrogen and oxygen atoms in total. The molecular weight excluding hydrogens is 418 g/mol. The minimum atomic E-state index is -4.37. The van der Waals surface area contributed by atoms with Gasteiger partial charge in [-0.05, 0) is 42.3 Å². The van der Waals surface area contributed by atoms with Crippen LogP contribution in [0.4, 0.5) is 26.3 Å². The van der Waals surface area contributed by atoms with E-state index in [4.69, 9.17) is 5.11 Å². The standard InChI is InChI=1S/C11H11F3O2.C9H7F3O2/c1-2-16-10(15)7-8-3-5-9(6-4-8)11(12,13)14;10-9(11,12)7-3-1-6(2-4-7)5-8(13)14/h3-6H,2,7H2,1H3;1-4H,5H2,(H,13,14). The third-order valence-corrected chi connectivity index (χ3v) is 3.57. The number of hydrogen-bond donors (Lipinski definition) is 1. The van der Waals surface area contributed by atoms with Crippen molar-refractivity contribution in [3.8, 4) is 0 Å². The summed E-state index contributed by atoms with van der Waals surface area (Å²) in [5.74, 6) is -1.51. The summed E-state index contributed by atoms with van der Waals surface area (Å²) in [7, 11) is 0. The molecule has 1 N–H and O–H groups in total. The number of benzene rings is 2. The summed E-state index contributed by atoms with van der Waals surface area (Å²) in [6, 6.07) is 8.53. The molecule has 0 atom stereocenters. The molecule has 0 bridgehead atoms. The Labute approximate surface area is 168 Å². The molecule has 0 unspecified atom stereocenters. The lowest BCUT2D eigenvalue weighted by Crippen LogP contribution is -2.08. The fraction of sp³-hybridized carbons (Fsp3) is 0.300. The van der Waals surface area contributed by atoms with Gasteiger partial charge in [0, 0.05) is 0 Å². The first-order chi connectivity index (χ1) is 13.8. The minimum Gasteiger partial charge on any atom is -0.481 e. The highest BCUT2D eigenvalue weighted by atomic mass is 19.4. The van der Waals surface area contributed by atoms with Crippen molar-refractivity contribution in [1.29, 1.82) is 0 Å². The first-order valence-corrected chi connectivity index (χ1v) is 8.52. The van der Waals surface area contributed by atoms with Crippen LogP contribution < -0.4 is 0 Å². The largest absolute Gasteiger partial charge is 0.481 e. The number of carboxylic acids is 1. The fourth-order valence-electron chi connectivity index (χ4n) is 2.18. The molecule has 0 radical (unpaired) electrons. The van der Waals surface area contributed by atoms with Crippen LogP contribution in [0, 0.1) is 0 Å². The van der Waals surface area contributed by atoms with Gasteiger partial charge in [0.05, 0.1) is 30.6 Å². The maximum Gasteiger partial charge on any atom is 0.416 e. The van der Waals surface area contributed by atoms with Crippen LogP contribution in [0.3, 0.4) is 0 Å². The van der Waals surface area contributed by atoms with E-state index in [-0.39, 0.29) is 19.4 Å². The molecule has 0 aromatic heterocycles. The van der Waals surface area contributed by atoms with E-state index in [1.807, 2.05) is 0 Å². The van der Waals surface area contributed by atoms with Crippen molar-refractivity contribution in [2.24, 2.45) is 0 Å². The molecule has 164 valence electrons. The molecule has 2 aromatic carbocycles. The lowest BCUT2D eigenvalue weighted by atomic mass is 10.1. The Kier molecular flexibility index (Phi) is 8.88. The molecule has 0 amide bonds. The predicted octanol–water partition coefficient (Wildman–Crippen LogP) is 5.14. The number of hydrogen-bond acceptors (Lipinski definition) is 3. The van der Waals surface area contributed by atoms with Crippen LogP contribution in [0.25, 0.3) is 0 Å².